The van der Waals surface area contributed by atoms with E-state index in [1.807, 2.05) is 0 Å². The third kappa shape index (κ3) is 3.65. The molecule has 0 saturated carbocycles. The number of rotatable bonds is 6. The van der Waals surface area contributed by atoms with E-state index in [0.717, 1.165) is 6.07 Å². The predicted molar refractivity (Wildman–Crippen MR) is 95.9 cm³/mol. The summed E-state index contributed by atoms with van der Waals surface area (Å²) in [6.45, 7) is 0.490. The van der Waals surface area contributed by atoms with E-state index >= 15 is 0 Å². The zero-order valence-corrected chi connectivity index (χ0v) is 15.0. The lowest BCUT2D eigenvalue weighted by Gasteiger charge is -2.19. The van der Waals surface area contributed by atoms with Crippen LogP contribution in [0, 0.1) is 0 Å². The molecule has 142 valence electrons. The number of carboxylic acids is 1. The van der Waals surface area contributed by atoms with Crippen LogP contribution in [0.25, 0.3) is 0 Å². The summed E-state index contributed by atoms with van der Waals surface area (Å²) in [5.74, 6) is -1.28. The number of amides is 1. The summed E-state index contributed by atoms with van der Waals surface area (Å²) in [6.07, 6.45) is -0.577. The first-order valence-electron chi connectivity index (χ1n) is 7.81. The van der Waals surface area contributed by atoms with E-state index in [-0.39, 0.29) is 35.0 Å². The number of benzene rings is 2. The first-order valence-corrected chi connectivity index (χ1v) is 9.29. The van der Waals surface area contributed by atoms with Gasteiger partial charge in [0, 0.05) is 0 Å². The van der Waals surface area contributed by atoms with Gasteiger partial charge in [-0.15, -0.1) is 0 Å². The number of cyclic esters (lactones) is 1. The molecule has 2 aromatic rings. The second-order valence-corrected chi connectivity index (χ2v) is 7.21. The summed E-state index contributed by atoms with van der Waals surface area (Å²) in [4.78, 5) is 24.0. The topological polar surface area (TPSA) is 122 Å². The first kappa shape index (κ1) is 18.5. The Morgan fingerprint density at radius 1 is 1.26 bits per heavy atom. The molecule has 0 atom stereocenters. The van der Waals surface area contributed by atoms with Crippen LogP contribution in [-0.4, -0.2) is 45.8 Å². The SMILES string of the molecule is COc1ccc(C(=O)O)cc1S(=O)(=O)Nc1ccccc1N1CCOC1=O. The summed E-state index contributed by atoms with van der Waals surface area (Å²) >= 11 is 0. The number of hydrogen-bond acceptors (Lipinski definition) is 6. The fraction of sp³-hybridized carbons (Fsp3) is 0.176. The summed E-state index contributed by atoms with van der Waals surface area (Å²) in [5, 5.41) is 9.13. The van der Waals surface area contributed by atoms with Crippen LogP contribution in [-0.2, 0) is 14.8 Å². The molecule has 0 spiro atoms. The van der Waals surface area contributed by atoms with Crippen molar-refractivity contribution in [1.29, 1.82) is 0 Å². The second kappa shape index (κ2) is 7.16. The molecule has 1 saturated heterocycles. The van der Waals surface area contributed by atoms with Gasteiger partial charge in [0.05, 0.1) is 30.6 Å². The van der Waals surface area contributed by atoms with E-state index in [1.54, 1.807) is 18.2 Å². The number of carbonyl (C=O) groups excluding carboxylic acids is 1. The van der Waals surface area contributed by atoms with Gasteiger partial charge in [0.25, 0.3) is 10.0 Å². The van der Waals surface area contributed by atoms with Crippen molar-refractivity contribution in [2.45, 2.75) is 4.90 Å². The molecule has 2 aromatic carbocycles. The molecule has 1 aliphatic heterocycles. The smallest absolute Gasteiger partial charge is 0.414 e. The Balaban J connectivity index is 2.02. The van der Waals surface area contributed by atoms with Gasteiger partial charge in [0.1, 0.15) is 17.3 Å². The number of carbonyl (C=O) groups is 2. The zero-order chi connectivity index (χ0) is 19.6. The fourth-order valence-corrected chi connectivity index (χ4v) is 3.90. The van der Waals surface area contributed by atoms with Crippen LogP contribution in [0.5, 0.6) is 5.75 Å². The quantitative estimate of drug-likeness (QED) is 0.772. The number of aromatic carboxylic acids is 1. The lowest BCUT2D eigenvalue weighted by atomic mass is 10.2. The molecule has 27 heavy (non-hydrogen) atoms. The second-order valence-electron chi connectivity index (χ2n) is 5.56. The van der Waals surface area contributed by atoms with Crippen molar-refractivity contribution in [3.63, 3.8) is 0 Å². The maximum atomic E-state index is 12.9. The fourth-order valence-electron chi connectivity index (χ4n) is 2.63. The minimum atomic E-state index is -4.20. The Labute approximate surface area is 155 Å². The Hall–Kier alpha value is -3.27. The molecular formula is C17H16N2O7S. The summed E-state index contributed by atoms with van der Waals surface area (Å²) in [6, 6.07) is 9.85. The van der Waals surface area contributed by atoms with E-state index in [2.05, 4.69) is 4.72 Å². The van der Waals surface area contributed by atoms with Crippen LogP contribution < -0.4 is 14.4 Å². The van der Waals surface area contributed by atoms with Gasteiger partial charge in [-0.1, -0.05) is 12.1 Å². The Morgan fingerprint density at radius 2 is 2.00 bits per heavy atom. The van der Waals surface area contributed by atoms with Gasteiger partial charge in [-0.25, -0.2) is 18.0 Å². The largest absolute Gasteiger partial charge is 0.495 e. The van der Waals surface area contributed by atoms with Crippen LogP contribution in [0.1, 0.15) is 10.4 Å². The number of hydrogen-bond donors (Lipinski definition) is 2. The highest BCUT2D eigenvalue weighted by Crippen LogP contribution is 2.32. The third-order valence-corrected chi connectivity index (χ3v) is 5.29. The van der Waals surface area contributed by atoms with Crippen LogP contribution in [0.2, 0.25) is 0 Å². The van der Waals surface area contributed by atoms with E-state index in [9.17, 15) is 18.0 Å². The van der Waals surface area contributed by atoms with E-state index in [4.69, 9.17) is 14.6 Å². The highest BCUT2D eigenvalue weighted by molar-refractivity contribution is 7.92. The molecular weight excluding hydrogens is 376 g/mol. The van der Waals surface area contributed by atoms with Crippen LogP contribution >= 0.6 is 0 Å². The number of carboxylic acid groups (broad SMARTS) is 1. The standard InChI is InChI=1S/C17H16N2O7S/c1-25-14-7-6-11(16(20)21)10-15(14)27(23,24)18-12-4-2-3-5-13(12)19-8-9-26-17(19)22/h2-7,10,18H,8-9H2,1H3,(H,20,21). The van der Waals surface area contributed by atoms with E-state index in [1.165, 1.54) is 30.2 Å². The first-order chi connectivity index (χ1) is 12.8. The lowest BCUT2D eigenvalue weighted by Crippen LogP contribution is -2.25. The number of nitrogens with one attached hydrogen (secondary N) is 1. The molecule has 1 heterocycles. The molecule has 9 nitrogen and oxygen atoms in total. The molecule has 10 heteroatoms. The predicted octanol–water partition coefficient (Wildman–Crippen LogP) is 2.15. The zero-order valence-electron chi connectivity index (χ0n) is 14.2. The van der Waals surface area contributed by atoms with Crippen LogP contribution in [0.3, 0.4) is 0 Å². The number of ether oxygens (including phenoxy) is 2. The van der Waals surface area contributed by atoms with Gasteiger partial charge >= 0.3 is 12.1 Å². The minimum Gasteiger partial charge on any atom is -0.495 e. The average Bonchev–Trinajstić information content (AvgIpc) is 3.07. The molecule has 0 aromatic heterocycles. The monoisotopic (exact) mass is 392 g/mol. The molecule has 1 aliphatic rings. The Morgan fingerprint density at radius 3 is 2.63 bits per heavy atom. The third-order valence-electron chi connectivity index (χ3n) is 3.90. The van der Waals surface area contributed by atoms with Crippen molar-refractivity contribution in [2.24, 2.45) is 0 Å². The van der Waals surface area contributed by atoms with Gasteiger partial charge in [0.15, 0.2) is 0 Å². The van der Waals surface area contributed by atoms with Gasteiger partial charge in [-0.3, -0.25) is 9.62 Å². The molecule has 0 radical (unpaired) electrons. The summed E-state index contributed by atoms with van der Waals surface area (Å²) in [7, 11) is -2.92. The number of para-hydroxylation sites is 2. The van der Waals surface area contributed by atoms with Crippen LogP contribution in [0.4, 0.5) is 16.2 Å². The van der Waals surface area contributed by atoms with Gasteiger partial charge in [-0.05, 0) is 30.3 Å². The van der Waals surface area contributed by atoms with Gasteiger partial charge in [0.2, 0.25) is 0 Å². The van der Waals surface area contributed by atoms with E-state index in [0.29, 0.717) is 5.69 Å². The Kier molecular flexibility index (Phi) is 4.91. The molecule has 3 rings (SSSR count). The van der Waals surface area contributed by atoms with E-state index < -0.39 is 22.1 Å². The number of nitrogens with zero attached hydrogens (tertiary/aromatic N) is 1. The molecule has 1 fully saturated rings. The van der Waals surface area contributed by atoms with Crippen molar-refractivity contribution in [2.75, 3.05) is 29.9 Å². The lowest BCUT2D eigenvalue weighted by molar-refractivity contribution is 0.0696. The highest BCUT2D eigenvalue weighted by atomic mass is 32.2. The number of anilines is 2. The van der Waals surface area contributed by atoms with Crippen molar-refractivity contribution >= 4 is 33.5 Å². The summed E-state index contributed by atoms with van der Waals surface area (Å²) < 4.78 is 38.1. The molecule has 0 bridgehead atoms. The normalized spacial score (nSPS) is 14.0. The van der Waals surface area contributed by atoms with Crippen molar-refractivity contribution < 1.29 is 32.6 Å². The maximum Gasteiger partial charge on any atom is 0.414 e. The molecule has 0 unspecified atom stereocenters. The number of sulfonamides is 1. The van der Waals surface area contributed by atoms with Gasteiger partial charge in [-0.2, -0.15) is 0 Å². The molecule has 1 amide bonds. The molecule has 2 N–H and O–H groups in total. The summed E-state index contributed by atoms with van der Waals surface area (Å²) in [5.41, 5.74) is 0.281. The average molecular weight is 392 g/mol. The minimum absolute atomic E-state index is 0.00874. The Bertz CT molecular complexity index is 1000. The maximum absolute atomic E-state index is 12.9. The van der Waals surface area contributed by atoms with Crippen molar-refractivity contribution in [1.82, 2.24) is 0 Å². The van der Waals surface area contributed by atoms with Crippen molar-refractivity contribution in [3.8, 4) is 5.75 Å². The number of methoxy groups -OCH3 is 1. The van der Waals surface area contributed by atoms with Gasteiger partial charge < -0.3 is 14.6 Å². The van der Waals surface area contributed by atoms with Crippen LogP contribution in [0.15, 0.2) is 47.4 Å². The highest BCUT2D eigenvalue weighted by Gasteiger charge is 2.28. The van der Waals surface area contributed by atoms with Crippen molar-refractivity contribution in [3.05, 3.63) is 48.0 Å². The molecule has 0 aliphatic carbocycles.